The predicted molar refractivity (Wildman–Crippen MR) is 121 cm³/mol. The Labute approximate surface area is 174 Å². The Balaban J connectivity index is 1.88. The molecule has 0 bridgehead atoms. The van der Waals surface area contributed by atoms with Gasteiger partial charge in [-0.05, 0) is 51.0 Å². The first-order valence-electron chi connectivity index (χ1n) is 10.3. The molecule has 146 valence electrons. The summed E-state index contributed by atoms with van der Waals surface area (Å²) in [6.45, 7) is 11.5. The van der Waals surface area contributed by atoms with E-state index in [9.17, 15) is 0 Å². The van der Waals surface area contributed by atoms with Crippen LogP contribution in [0.3, 0.4) is 0 Å². The zero-order valence-corrected chi connectivity index (χ0v) is 18.5. The number of nitrogens with zero attached hydrogens (tertiary/aromatic N) is 2. The molecule has 0 aliphatic carbocycles. The van der Waals surface area contributed by atoms with Crippen molar-refractivity contribution in [2.45, 2.75) is 58.4 Å². The molecular weight excluding hydrogens is 364 g/mol. The van der Waals surface area contributed by atoms with Crippen molar-refractivity contribution in [2.75, 3.05) is 11.9 Å². The molecule has 0 aromatic heterocycles. The van der Waals surface area contributed by atoms with Gasteiger partial charge in [0.05, 0.1) is 0 Å². The van der Waals surface area contributed by atoms with Gasteiger partial charge < -0.3 is 4.90 Å². The summed E-state index contributed by atoms with van der Waals surface area (Å²) in [6, 6.07) is 15.5. The molecule has 3 unspecified atom stereocenters. The number of rotatable bonds is 2. The zero-order chi connectivity index (χ0) is 20.2. The van der Waals surface area contributed by atoms with Crippen LogP contribution in [0, 0.1) is 0 Å². The second kappa shape index (κ2) is 6.77. The maximum Gasteiger partial charge on any atom is 0.209 e. The van der Waals surface area contributed by atoms with Gasteiger partial charge in [0, 0.05) is 52.0 Å². The molecule has 4 rings (SSSR count). The quantitative estimate of drug-likeness (QED) is 0.517. The van der Waals surface area contributed by atoms with E-state index in [2.05, 4.69) is 93.8 Å². The molecule has 0 saturated heterocycles. The van der Waals surface area contributed by atoms with E-state index in [1.807, 2.05) is 6.07 Å². The summed E-state index contributed by atoms with van der Waals surface area (Å²) in [6.07, 6.45) is 3.43. The van der Waals surface area contributed by atoms with Gasteiger partial charge >= 0.3 is 0 Å². The molecule has 28 heavy (non-hydrogen) atoms. The normalized spacial score (nSPS) is 29.2. The van der Waals surface area contributed by atoms with Gasteiger partial charge in [-0.2, -0.15) is 4.58 Å². The Morgan fingerprint density at radius 2 is 1.93 bits per heavy atom. The Kier molecular flexibility index (Phi) is 4.66. The third-order valence-corrected chi connectivity index (χ3v) is 7.29. The van der Waals surface area contributed by atoms with Gasteiger partial charge in [0.1, 0.15) is 0 Å². The van der Waals surface area contributed by atoms with Crippen molar-refractivity contribution in [1.29, 1.82) is 0 Å². The van der Waals surface area contributed by atoms with Crippen LogP contribution in [-0.4, -0.2) is 23.9 Å². The van der Waals surface area contributed by atoms with Crippen molar-refractivity contribution in [3.63, 3.8) is 0 Å². The van der Waals surface area contributed by atoms with Crippen LogP contribution in [0.1, 0.15) is 58.1 Å². The molecule has 3 heteroatoms. The first kappa shape index (κ1) is 19.3. The highest BCUT2D eigenvalue weighted by Gasteiger charge is 2.43. The molecule has 0 saturated carbocycles. The smallest absolute Gasteiger partial charge is 0.209 e. The monoisotopic (exact) mass is 393 g/mol. The molecule has 0 amide bonds. The van der Waals surface area contributed by atoms with Crippen LogP contribution in [0.2, 0.25) is 5.02 Å². The molecule has 2 aromatic rings. The number of benzene rings is 2. The summed E-state index contributed by atoms with van der Waals surface area (Å²) >= 11 is 6.28. The van der Waals surface area contributed by atoms with Gasteiger partial charge in [-0.1, -0.05) is 43.6 Å². The van der Waals surface area contributed by atoms with E-state index in [-0.39, 0.29) is 5.41 Å². The number of fused-ring (bicyclic) bond motifs is 2. The number of hydrogen-bond donors (Lipinski definition) is 0. The fourth-order valence-corrected chi connectivity index (χ4v) is 5.39. The molecule has 0 fully saturated rings. The highest BCUT2D eigenvalue weighted by atomic mass is 35.5. The largest absolute Gasteiger partial charge is 0.347 e. The van der Waals surface area contributed by atoms with Crippen LogP contribution >= 0.6 is 11.6 Å². The highest BCUT2D eigenvalue weighted by Crippen LogP contribution is 2.50. The second-order valence-electron chi connectivity index (χ2n) is 8.56. The molecule has 3 atom stereocenters. The lowest BCUT2D eigenvalue weighted by atomic mass is 9.78. The summed E-state index contributed by atoms with van der Waals surface area (Å²) in [5.74, 6) is 0.457. The summed E-state index contributed by atoms with van der Waals surface area (Å²) in [5.41, 5.74) is 8.13. The average molecular weight is 394 g/mol. The predicted octanol–water partition coefficient (Wildman–Crippen LogP) is 6.65. The molecule has 2 aliphatic heterocycles. The van der Waals surface area contributed by atoms with E-state index in [1.54, 1.807) is 0 Å². The molecule has 2 aliphatic rings. The Bertz CT molecular complexity index is 1000. The van der Waals surface area contributed by atoms with Gasteiger partial charge in [-0.3, -0.25) is 0 Å². The maximum atomic E-state index is 6.28. The first-order valence-corrected chi connectivity index (χ1v) is 10.6. The van der Waals surface area contributed by atoms with E-state index >= 15 is 0 Å². The maximum absolute atomic E-state index is 6.28. The molecule has 0 N–H and O–H groups in total. The third kappa shape index (κ3) is 2.65. The highest BCUT2D eigenvalue weighted by molar-refractivity contribution is 6.30. The van der Waals surface area contributed by atoms with Crippen LogP contribution in [0.15, 0.2) is 53.7 Å². The Hall–Kier alpha value is -2.06. The van der Waals surface area contributed by atoms with Crippen molar-refractivity contribution in [3.8, 4) is 0 Å². The number of hydrogen-bond acceptors (Lipinski definition) is 1. The van der Waals surface area contributed by atoms with Crippen molar-refractivity contribution in [2.24, 2.45) is 0 Å². The van der Waals surface area contributed by atoms with E-state index in [1.165, 1.54) is 33.8 Å². The van der Waals surface area contributed by atoms with Crippen LogP contribution < -0.4 is 4.90 Å². The summed E-state index contributed by atoms with van der Waals surface area (Å²) in [5, 5.41) is 0.819. The van der Waals surface area contributed by atoms with Crippen LogP contribution in [0.4, 0.5) is 11.4 Å². The average Bonchev–Trinajstić information content (AvgIpc) is 3.06. The molecule has 2 nitrogen and oxygen atoms in total. The topological polar surface area (TPSA) is 6.25 Å². The third-order valence-electron chi connectivity index (χ3n) is 7.05. The molecular formula is C25H30ClN2+. The molecule has 2 heterocycles. The number of halogens is 1. The zero-order valence-electron chi connectivity index (χ0n) is 17.8. The van der Waals surface area contributed by atoms with E-state index in [0.29, 0.717) is 12.0 Å². The van der Waals surface area contributed by atoms with Crippen LogP contribution in [0.5, 0.6) is 0 Å². The lowest BCUT2D eigenvalue weighted by molar-refractivity contribution is -0.467. The molecule has 0 radical (unpaired) electrons. The van der Waals surface area contributed by atoms with Gasteiger partial charge in [0.15, 0.2) is 12.3 Å². The lowest BCUT2D eigenvalue weighted by Gasteiger charge is -2.28. The van der Waals surface area contributed by atoms with Crippen molar-refractivity contribution < 1.29 is 4.58 Å². The SMILES string of the molecule is CCC1(C)C(=C(C)C=[N+]2c3ccc(Cl)cc3C(C)C2C)N(C)c2ccccc21. The van der Waals surface area contributed by atoms with Crippen molar-refractivity contribution >= 4 is 29.2 Å². The minimum absolute atomic E-state index is 0.0311. The van der Waals surface area contributed by atoms with Gasteiger partial charge in [0.2, 0.25) is 5.69 Å². The minimum atomic E-state index is 0.0311. The van der Waals surface area contributed by atoms with Crippen molar-refractivity contribution in [3.05, 3.63) is 69.9 Å². The standard InChI is InChI=1S/C25H30ClN2/c1-7-25(5)21-10-8-9-11-23(21)27(6)24(25)16(2)15-28-18(4)17(3)20-14-19(26)12-13-22(20)28/h8-15,17-18H,7H2,1-6H3/q+1. The summed E-state index contributed by atoms with van der Waals surface area (Å²) in [4.78, 5) is 2.39. The van der Waals surface area contributed by atoms with Gasteiger partial charge in [0.25, 0.3) is 0 Å². The molecule has 2 aromatic carbocycles. The lowest BCUT2D eigenvalue weighted by Crippen LogP contribution is -2.28. The van der Waals surface area contributed by atoms with E-state index < -0.39 is 0 Å². The fraction of sp³-hybridized carbons (Fsp3) is 0.400. The van der Waals surface area contributed by atoms with Gasteiger partial charge in [-0.15, -0.1) is 0 Å². The van der Waals surface area contributed by atoms with E-state index in [0.717, 1.165) is 11.4 Å². The minimum Gasteiger partial charge on any atom is -0.347 e. The number of allylic oxidation sites excluding steroid dienone is 2. The fourth-order valence-electron chi connectivity index (χ4n) is 5.21. The van der Waals surface area contributed by atoms with Crippen molar-refractivity contribution in [1.82, 2.24) is 0 Å². The number of para-hydroxylation sites is 1. The summed E-state index contributed by atoms with van der Waals surface area (Å²) in [7, 11) is 2.20. The van der Waals surface area contributed by atoms with Gasteiger partial charge in [-0.25, -0.2) is 0 Å². The second-order valence-corrected chi connectivity index (χ2v) is 9.00. The Morgan fingerprint density at radius 3 is 2.64 bits per heavy atom. The van der Waals surface area contributed by atoms with Crippen LogP contribution in [-0.2, 0) is 5.41 Å². The number of anilines is 1. The summed E-state index contributed by atoms with van der Waals surface area (Å²) < 4.78 is 2.44. The molecule has 0 spiro atoms. The van der Waals surface area contributed by atoms with E-state index in [4.69, 9.17) is 11.6 Å². The first-order chi connectivity index (χ1) is 13.3. The van der Waals surface area contributed by atoms with Crippen LogP contribution in [0.25, 0.3) is 0 Å². The number of likely N-dealkylation sites (N-methyl/N-ethyl adjacent to an activating group) is 1. The Morgan fingerprint density at radius 1 is 1.21 bits per heavy atom.